The lowest BCUT2D eigenvalue weighted by molar-refractivity contribution is -0.0533. The van der Waals surface area contributed by atoms with Gasteiger partial charge in [-0.3, -0.25) is 4.79 Å². The summed E-state index contributed by atoms with van der Waals surface area (Å²) in [5.74, 6) is 0.486. The predicted octanol–water partition coefficient (Wildman–Crippen LogP) is 3.83. The van der Waals surface area contributed by atoms with E-state index in [0.717, 1.165) is 31.6 Å². The lowest BCUT2D eigenvalue weighted by Gasteiger charge is -2.38. The Morgan fingerprint density at radius 1 is 1.18 bits per heavy atom. The Hall–Kier alpha value is -1.97. The second-order valence-corrected chi connectivity index (χ2v) is 9.24. The summed E-state index contributed by atoms with van der Waals surface area (Å²) in [4.78, 5) is 23.7. The van der Waals surface area contributed by atoms with E-state index in [1.165, 1.54) is 6.33 Å². The Labute approximate surface area is 204 Å². The number of carbonyl (C=O) groups excluding carboxylic acids is 1. The molecule has 2 N–H and O–H groups in total. The number of nitrogens with zero attached hydrogens (tertiary/aromatic N) is 3. The first-order valence-electron chi connectivity index (χ1n) is 11.2. The molecule has 0 saturated carbocycles. The van der Waals surface area contributed by atoms with Crippen LogP contribution in [0, 0.1) is 6.92 Å². The molecule has 178 valence electrons. The fourth-order valence-electron chi connectivity index (χ4n) is 4.34. The van der Waals surface area contributed by atoms with Crippen molar-refractivity contribution in [3.8, 4) is 0 Å². The minimum atomic E-state index is -0.0774. The van der Waals surface area contributed by atoms with Crippen molar-refractivity contribution in [2.45, 2.75) is 44.4 Å². The van der Waals surface area contributed by atoms with Crippen molar-refractivity contribution in [2.24, 2.45) is 0 Å². The van der Waals surface area contributed by atoms with E-state index in [2.05, 4.69) is 20.6 Å². The van der Waals surface area contributed by atoms with E-state index < -0.39 is 0 Å². The van der Waals surface area contributed by atoms with E-state index in [0.29, 0.717) is 52.9 Å². The number of methoxy groups -OCH3 is 1. The largest absolute Gasteiger partial charge is 0.379 e. The van der Waals surface area contributed by atoms with Gasteiger partial charge in [0.05, 0.1) is 22.8 Å². The average molecular weight is 494 g/mol. The van der Waals surface area contributed by atoms with Gasteiger partial charge < -0.3 is 25.0 Å². The summed E-state index contributed by atoms with van der Waals surface area (Å²) in [6.45, 7) is 4.57. The Morgan fingerprint density at radius 2 is 1.97 bits per heavy atom. The number of carbonyl (C=O) groups is 1. The molecule has 2 aliphatic rings. The Morgan fingerprint density at radius 3 is 2.70 bits per heavy atom. The molecule has 2 fully saturated rings. The first-order chi connectivity index (χ1) is 16.0. The number of ether oxygens (including phenoxy) is 2. The summed E-state index contributed by atoms with van der Waals surface area (Å²) in [6, 6.07) is 5.88. The second-order valence-electron chi connectivity index (χ2n) is 8.43. The zero-order valence-corrected chi connectivity index (χ0v) is 20.3. The van der Waals surface area contributed by atoms with Crippen LogP contribution in [-0.2, 0) is 9.47 Å². The van der Waals surface area contributed by atoms with Crippen molar-refractivity contribution >= 4 is 40.6 Å². The van der Waals surface area contributed by atoms with Crippen LogP contribution in [0.15, 0.2) is 24.5 Å². The number of aromatic nitrogens is 2. The Kier molecular flexibility index (Phi) is 8.03. The standard InChI is InChI=1S/C23H29Cl2N5O3/c1-14-21(26-13-27-22(14)29-16-3-4-17(24)18(25)11-16)23(31)30-8-5-15(6-9-30)28-19-7-10-33-12-20(19)32-2/h3-4,11,13,15,19-20,28H,5-10,12H2,1-2H3,(H,26,27,29)/t19-,20+/m1/s1. The van der Waals surface area contributed by atoms with Gasteiger partial charge in [0.25, 0.3) is 5.91 Å². The van der Waals surface area contributed by atoms with Gasteiger partial charge in [-0.1, -0.05) is 23.2 Å². The van der Waals surface area contributed by atoms with Gasteiger partial charge in [-0.25, -0.2) is 9.97 Å². The van der Waals surface area contributed by atoms with Crippen molar-refractivity contribution in [3.63, 3.8) is 0 Å². The van der Waals surface area contributed by atoms with Crippen molar-refractivity contribution in [1.29, 1.82) is 0 Å². The van der Waals surface area contributed by atoms with Crippen LogP contribution in [0.3, 0.4) is 0 Å². The van der Waals surface area contributed by atoms with Crippen molar-refractivity contribution in [3.05, 3.63) is 45.8 Å². The molecule has 2 atom stereocenters. The molecule has 0 unspecified atom stereocenters. The molecule has 2 saturated heterocycles. The van der Waals surface area contributed by atoms with E-state index in [9.17, 15) is 4.79 Å². The summed E-state index contributed by atoms with van der Waals surface area (Å²) in [7, 11) is 1.73. The van der Waals surface area contributed by atoms with Gasteiger partial charge in [0.15, 0.2) is 0 Å². The van der Waals surface area contributed by atoms with Crippen LogP contribution >= 0.6 is 23.2 Å². The average Bonchev–Trinajstić information content (AvgIpc) is 2.83. The Balaban J connectivity index is 1.37. The van der Waals surface area contributed by atoms with E-state index in [1.54, 1.807) is 19.2 Å². The van der Waals surface area contributed by atoms with Crippen LogP contribution in [0.5, 0.6) is 0 Å². The zero-order valence-electron chi connectivity index (χ0n) is 18.8. The minimum absolute atomic E-state index is 0.0727. The highest BCUT2D eigenvalue weighted by Gasteiger charge is 2.31. The molecular weight excluding hydrogens is 465 g/mol. The van der Waals surface area contributed by atoms with Gasteiger partial charge in [0.1, 0.15) is 17.8 Å². The van der Waals surface area contributed by atoms with Crippen LogP contribution in [0.25, 0.3) is 0 Å². The minimum Gasteiger partial charge on any atom is -0.379 e. The number of hydrogen-bond acceptors (Lipinski definition) is 7. The number of hydrogen-bond donors (Lipinski definition) is 2. The number of piperidine rings is 1. The summed E-state index contributed by atoms with van der Waals surface area (Å²) in [5.41, 5.74) is 1.83. The quantitative estimate of drug-likeness (QED) is 0.631. The maximum Gasteiger partial charge on any atom is 0.272 e. The molecule has 0 aliphatic carbocycles. The summed E-state index contributed by atoms with van der Waals surface area (Å²) >= 11 is 12.1. The number of likely N-dealkylation sites (tertiary alicyclic amines) is 1. The van der Waals surface area contributed by atoms with Crippen molar-refractivity contribution in [2.75, 3.05) is 38.7 Å². The van der Waals surface area contributed by atoms with Gasteiger partial charge in [-0.15, -0.1) is 0 Å². The molecule has 2 aliphatic heterocycles. The molecule has 1 amide bonds. The molecule has 2 aromatic rings. The molecule has 10 heteroatoms. The number of nitrogens with one attached hydrogen (secondary N) is 2. The van der Waals surface area contributed by atoms with Gasteiger partial charge in [-0.05, 0) is 44.4 Å². The van der Waals surface area contributed by atoms with Gasteiger partial charge in [-0.2, -0.15) is 0 Å². The zero-order chi connectivity index (χ0) is 23.4. The van der Waals surface area contributed by atoms with E-state index >= 15 is 0 Å². The monoisotopic (exact) mass is 493 g/mol. The summed E-state index contributed by atoms with van der Waals surface area (Å²) < 4.78 is 11.1. The molecular formula is C23H29Cl2N5O3. The summed E-state index contributed by atoms with van der Waals surface area (Å²) in [6.07, 6.45) is 4.19. The third kappa shape index (κ3) is 5.75. The second kappa shape index (κ2) is 11.0. The van der Waals surface area contributed by atoms with Crippen LogP contribution in [-0.4, -0.2) is 72.4 Å². The highest BCUT2D eigenvalue weighted by atomic mass is 35.5. The highest BCUT2D eigenvalue weighted by Crippen LogP contribution is 2.28. The first kappa shape index (κ1) is 24.2. The Bertz CT molecular complexity index is 985. The fraction of sp³-hybridized carbons (Fsp3) is 0.522. The molecule has 1 aromatic carbocycles. The molecule has 33 heavy (non-hydrogen) atoms. The molecule has 3 heterocycles. The lowest BCUT2D eigenvalue weighted by atomic mass is 9.99. The normalized spacial score (nSPS) is 21.8. The topological polar surface area (TPSA) is 88.6 Å². The third-order valence-corrected chi connectivity index (χ3v) is 7.05. The molecule has 0 radical (unpaired) electrons. The number of amides is 1. The molecule has 8 nitrogen and oxygen atoms in total. The summed E-state index contributed by atoms with van der Waals surface area (Å²) in [5, 5.41) is 7.84. The highest BCUT2D eigenvalue weighted by molar-refractivity contribution is 6.42. The van der Waals surface area contributed by atoms with Crippen LogP contribution in [0.4, 0.5) is 11.5 Å². The molecule has 1 aromatic heterocycles. The van der Waals surface area contributed by atoms with Crippen LogP contribution < -0.4 is 10.6 Å². The SMILES string of the molecule is CO[C@H]1COCC[C@H]1NC1CCN(C(=O)c2ncnc(Nc3ccc(Cl)c(Cl)c3)c2C)CC1. The molecule has 0 bridgehead atoms. The van der Waals surface area contributed by atoms with Gasteiger partial charge in [0.2, 0.25) is 0 Å². The van der Waals surface area contributed by atoms with E-state index in [1.807, 2.05) is 17.9 Å². The number of anilines is 2. The van der Waals surface area contributed by atoms with Gasteiger partial charge >= 0.3 is 0 Å². The van der Waals surface area contributed by atoms with Crippen LogP contribution in [0.2, 0.25) is 10.0 Å². The maximum absolute atomic E-state index is 13.2. The smallest absolute Gasteiger partial charge is 0.272 e. The van der Waals surface area contributed by atoms with E-state index in [-0.39, 0.29) is 18.1 Å². The number of halogens is 2. The molecule has 4 rings (SSSR count). The van der Waals surface area contributed by atoms with Crippen molar-refractivity contribution < 1.29 is 14.3 Å². The maximum atomic E-state index is 13.2. The van der Waals surface area contributed by atoms with Crippen molar-refractivity contribution in [1.82, 2.24) is 20.2 Å². The fourth-order valence-corrected chi connectivity index (χ4v) is 4.64. The number of benzene rings is 1. The molecule has 0 spiro atoms. The predicted molar refractivity (Wildman–Crippen MR) is 129 cm³/mol. The van der Waals surface area contributed by atoms with E-state index in [4.69, 9.17) is 32.7 Å². The number of rotatable bonds is 6. The third-order valence-electron chi connectivity index (χ3n) is 6.31. The van der Waals surface area contributed by atoms with Gasteiger partial charge in [0, 0.05) is 50.1 Å². The first-order valence-corrected chi connectivity index (χ1v) is 11.9. The van der Waals surface area contributed by atoms with Crippen LogP contribution in [0.1, 0.15) is 35.3 Å². The lowest BCUT2D eigenvalue weighted by Crippen LogP contribution is -2.54.